The van der Waals surface area contributed by atoms with Crippen LogP contribution in [0.15, 0.2) is 23.6 Å². The van der Waals surface area contributed by atoms with Crippen LogP contribution in [0.3, 0.4) is 0 Å². The molecule has 1 atom stereocenters. The second-order valence-corrected chi connectivity index (χ2v) is 4.90. The number of nitrogens with zero attached hydrogens (tertiary/aromatic N) is 1. The number of nitrogens with two attached hydrogens (primary N) is 1. The van der Waals surface area contributed by atoms with E-state index in [1.807, 2.05) is 12.3 Å². The van der Waals surface area contributed by atoms with Crippen molar-refractivity contribution in [3.63, 3.8) is 0 Å². The summed E-state index contributed by atoms with van der Waals surface area (Å²) in [6.45, 7) is 1.88. The van der Waals surface area contributed by atoms with Gasteiger partial charge in [0.1, 0.15) is 11.6 Å². The molecule has 0 spiro atoms. The molecule has 0 saturated carbocycles. The quantitative estimate of drug-likeness (QED) is 0.914. The Kier molecular flexibility index (Phi) is 3.49. The highest BCUT2D eigenvalue weighted by atomic mass is 32.1. The van der Waals surface area contributed by atoms with Crippen molar-refractivity contribution in [1.29, 1.82) is 0 Å². The average Bonchev–Trinajstić information content (AvgIpc) is 2.70. The molecule has 0 radical (unpaired) electrons. The molecule has 0 bridgehead atoms. The third-order valence-corrected chi connectivity index (χ3v) is 3.26. The van der Waals surface area contributed by atoms with Gasteiger partial charge in [0.25, 0.3) is 0 Å². The lowest BCUT2D eigenvalue weighted by Gasteiger charge is -2.09. The molecule has 2 rings (SSSR count). The molecule has 0 fully saturated rings. The van der Waals surface area contributed by atoms with E-state index in [9.17, 15) is 8.78 Å². The van der Waals surface area contributed by atoms with E-state index in [0.717, 1.165) is 22.8 Å². The molecule has 0 saturated heterocycles. The fraction of sp³-hybridized carbons (Fsp3) is 0.250. The first-order valence-electron chi connectivity index (χ1n) is 5.18. The van der Waals surface area contributed by atoms with Crippen LogP contribution in [0.2, 0.25) is 0 Å². The summed E-state index contributed by atoms with van der Waals surface area (Å²) in [5, 5.41) is 2.76. The summed E-state index contributed by atoms with van der Waals surface area (Å²) in [4.78, 5) is 4.24. The second-order valence-electron chi connectivity index (χ2n) is 3.84. The zero-order valence-corrected chi connectivity index (χ0v) is 10.1. The second kappa shape index (κ2) is 4.89. The van der Waals surface area contributed by atoms with Gasteiger partial charge in [0, 0.05) is 5.38 Å². The Balaban J connectivity index is 2.18. The lowest BCUT2D eigenvalue weighted by Crippen LogP contribution is -2.14. The summed E-state index contributed by atoms with van der Waals surface area (Å²) < 4.78 is 26.4. The molecule has 0 aliphatic rings. The molecule has 1 heterocycles. The van der Waals surface area contributed by atoms with Crippen LogP contribution in [-0.4, -0.2) is 4.98 Å². The van der Waals surface area contributed by atoms with Gasteiger partial charge in [0.05, 0.1) is 16.7 Å². The van der Waals surface area contributed by atoms with E-state index in [0.29, 0.717) is 0 Å². The number of aromatic nitrogens is 1. The third kappa shape index (κ3) is 2.87. The molecule has 2 N–H and O–H groups in total. The summed E-state index contributed by atoms with van der Waals surface area (Å²) in [6.07, 6.45) is 0.243. The van der Waals surface area contributed by atoms with E-state index < -0.39 is 17.7 Å². The Labute approximate surface area is 102 Å². The SMILES string of the molecule is Cc1nc(C(N)Cc2cc(F)ccc2F)cs1. The van der Waals surface area contributed by atoms with Crippen LogP contribution in [-0.2, 0) is 6.42 Å². The van der Waals surface area contributed by atoms with Gasteiger partial charge < -0.3 is 5.73 Å². The van der Waals surface area contributed by atoms with Crippen LogP contribution in [0.4, 0.5) is 8.78 Å². The maximum absolute atomic E-state index is 13.4. The predicted octanol–water partition coefficient (Wildman–Crippen LogP) is 2.97. The van der Waals surface area contributed by atoms with Gasteiger partial charge >= 0.3 is 0 Å². The summed E-state index contributed by atoms with van der Waals surface area (Å²) in [6, 6.07) is 2.98. The molecule has 0 amide bonds. The molecule has 1 unspecified atom stereocenters. The number of rotatable bonds is 3. The van der Waals surface area contributed by atoms with Crippen LogP contribution < -0.4 is 5.73 Å². The van der Waals surface area contributed by atoms with Gasteiger partial charge in [-0.3, -0.25) is 0 Å². The molecule has 2 aromatic rings. The summed E-state index contributed by atoms with van der Waals surface area (Å²) in [7, 11) is 0. The Bertz CT molecular complexity index is 525. The smallest absolute Gasteiger partial charge is 0.126 e. The van der Waals surface area contributed by atoms with Gasteiger partial charge in [-0.15, -0.1) is 11.3 Å². The zero-order valence-electron chi connectivity index (χ0n) is 9.28. The number of hydrogen-bond donors (Lipinski definition) is 1. The van der Waals surface area contributed by atoms with Crippen molar-refractivity contribution in [2.24, 2.45) is 5.73 Å². The van der Waals surface area contributed by atoms with Crippen molar-refractivity contribution >= 4 is 11.3 Å². The first kappa shape index (κ1) is 12.1. The van der Waals surface area contributed by atoms with Gasteiger partial charge in [-0.1, -0.05) is 0 Å². The molecule has 90 valence electrons. The Hall–Kier alpha value is -1.33. The van der Waals surface area contributed by atoms with Crippen molar-refractivity contribution in [3.05, 3.63) is 51.5 Å². The maximum atomic E-state index is 13.4. The summed E-state index contributed by atoms with van der Waals surface area (Å²) in [5.41, 5.74) is 6.91. The zero-order chi connectivity index (χ0) is 12.4. The molecule has 1 aromatic heterocycles. The van der Waals surface area contributed by atoms with E-state index >= 15 is 0 Å². The number of aryl methyl sites for hydroxylation is 1. The van der Waals surface area contributed by atoms with Crippen LogP contribution >= 0.6 is 11.3 Å². The fourth-order valence-corrected chi connectivity index (χ4v) is 2.27. The first-order valence-corrected chi connectivity index (χ1v) is 6.06. The maximum Gasteiger partial charge on any atom is 0.126 e. The molecular weight excluding hydrogens is 242 g/mol. The Morgan fingerprint density at radius 1 is 1.41 bits per heavy atom. The highest BCUT2D eigenvalue weighted by Gasteiger charge is 2.13. The van der Waals surface area contributed by atoms with E-state index in [1.165, 1.54) is 17.4 Å². The molecule has 0 aliphatic carbocycles. The lowest BCUT2D eigenvalue weighted by molar-refractivity contribution is 0.570. The average molecular weight is 254 g/mol. The molecular formula is C12H12F2N2S. The molecule has 5 heteroatoms. The summed E-state index contributed by atoms with van der Waals surface area (Å²) in [5.74, 6) is -0.892. The van der Waals surface area contributed by atoms with Crippen molar-refractivity contribution in [2.45, 2.75) is 19.4 Å². The number of thiazole rings is 1. The number of halogens is 2. The minimum atomic E-state index is -0.456. The van der Waals surface area contributed by atoms with Crippen LogP contribution in [0.1, 0.15) is 22.3 Å². The third-order valence-electron chi connectivity index (χ3n) is 2.46. The highest BCUT2D eigenvalue weighted by molar-refractivity contribution is 7.09. The number of benzene rings is 1. The molecule has 17 heavy (non-hydrogen) atoms. The van der Waals surface area contributed by atoms with E-state index in [-0.39, 0.29) is 12.0 Å². The van der Waals surface area contributed by atoms with Gasteiger partial charge in [0.15, 0.2) is 0 Å². The topological polar surface area (TPSA) is 38.9 Å². The summed E-state index contributed by atoms with van der Waals surface area (Å²) >= 11 is 1.49. The standard InChI is InChI=1S/C12H12F2N2S/c1-7-16-12(6-17-7)11(15)5-8-4-9(13)2-3-10(8)14/h2-4,6,11H,5,15H2,1H3. The van der Waals surface area contributed by atoms with Crippen molar-refractivity contribution in [1.82, 2.24) is 4.98 Å². The predicted molar refractivity (Wildman–Crippen MR) is 63.8 cm³/mol. The minimum absolute atomic E-state index is 0.243. The van der Waals surface area contributed by atoms with Crippen LogP contribution in [0.25, 0.3) is 0 Å². The Morgan fingerprint density at radius 2 is 2.18 bits per heavy atom. The van der Waals surface area contributed by atoms with Crippen LogP contribution in [0.5, 0.6) is 0 Å². The molecule has 0 aliphatic heterocycles. The van der Waals surface area contributed by atoms with Gasteiger partial charge in [-0.2, -0.15) is 0 Å². The molecule has 2 nitrogen and oxygen atoms in total. The van der Waals surface area contributed by atoms with E-state index in [2.05, 4.69) is 4.98 Å². The monoisotopic (exact) mass is 254 g/mol. The van der Waals surface area contributed by atoms with Gasteiger partial charge in [-0.25, -0.2) is 13.8 Å². The largest absolute Gasteiger partial charge is 0.322 e. The fourth-order valence-electron chi connectivity index (χ4n) is 1.59. The normalized spacial score (nSPS) is 12.7. The van der Waals surface area contributed by atoms with Gasteiger partial charge in [-0.05, 0) is 37.1 Å². The number of hydrogen-bond acceptors (Lipinski definition) is 3. The van der Waals surface area contributed by atoms with Crippen molar-refractivity contribution < 1.29 is 8.78 Å². The van der Waals surface area contributed by atoms with E-state index in [4.69, 9.17) is 5.73 Å². The lowest BCUT2D eigenvalue weighted by atomic mass is 10.0. The van der Waals surface area contributed by atoms with Crippen molar-refractivity contribution in [2.75, 3.05) is 0 Å². The first-order chi connectivity index (χ1) is 8.06. The van der Waals surface area contributed by atoms with E-state index in [1.54, 1.807) is 0 Å². The highest BCUT2D eigenvalue weighted by Crippen LogP contribution is 2.20. The van der Waals surface area contributed by atoms with Crippen molar-refractivity contribution in [3.8, 4) is 0 Å². The van der Waals surface area contributed by atoms with Crippen LogP contribution in [0, 0.1) is 18.6 Å². The molecule has 1 aromatic carbocycles. The minimum Gasteiger partial charge on any atom is -0.322 e. The van der Waals surface area contributed by atoms with Gasteiger partial charge in [0.2, 0.25) is 0 Å². The Morgan fingerprint density at radius 3 is 2.82 bits per heavy atom.